The fourth-order valence-electron chi connectivity index (χ4n) is 5.50. The second-order valence-electron chi connectivity index (χ2n) is 14.4. The fourth-order valence-corrected chi connectivity index (χ4v) is 5.50. The van der Waals surface area contributed by atoms with Crippen LogP contribution in [0, 0.1) is 0 Å². The first-order chi connectivity index (χ1) is 28.2. The van der Waals surface area contributed by atoms with Crippen molar-refractivity contribution in [1.29, 1.82) is 0 Å². The molecular formula is C39H63FeN6O15+3. The van der Waals surface area contributed by atoms with Gasteiger partial charge in [0.25, 0.3) is 0 Å². The second-order valence-corrected chi connectivity index (χ2v) is 14.4. The number of hydrogen-bond donors (Lipinski definition) is 9. The molecule has 344 valence electrons. The molecule has 0 spiro atoms. The summed E-state index contributed by atoms with van der Waals surface area (Å²) in [6.07, 6.45) is 4.66. The molecule has 1 aliphatic heterocycles. The number of rotatable bonds is 3. The molecule has 0 aromatic heterocycles. The van der Waals surface area contributed by atoms with Crippen molar-refractivity contribution >= 4 is 53.3 Å². The summed E-state index contributed by atoms with van der Waals surface area (Å²) in [6.45, 7) is 7.66. The number of aliphatic hydroxyl groups is 3. The van der Waals surface area contributed by atoms with Crippen molar-refractivity contribution in [3.63, 3.8) is 0 Å². The van der Waals surface area contributed by atoms with Gasteiger partial charge in [-0.15, -0.1) is 0 Å². The smallest absolute Gasteiger partial charge is 0.408 e. The van der Waals surface area contributed by atoms with Crippen molar-refractivity contribution in [2.45, 2.75) is 117 Å². The van der Waals surface area contributed by atoms with Gasteiger partial charge in [0.15, 0.2) is 19.6 Å². The summed E-state index contributed by atoms with van der Waals surface area (Å²) in [4.78, 5) is 73.8. The molecule has 3 unspecified atom stereocenters. The van der Waals surface area contributed by atoms with Crippen LogP contribution in [-0.4, -0.2) is 156 Å². The molecular weight excluding hydrogens is 848 g/mol. The Morgan fingerprint density at radius 3 is 0.967 bits per heavy atom. The number of aliphatic hydroxyl groups excluding tert-OH is 3. The Balaban J connectivity index is 0.0000360. The molecule has 61 heavy (non-hydrogen) atoms. The molecule has 0 aromatic carbocycles. The quantitative estimate of drug-likeness (QED) is 0.0639. The SMILES string of the molecule is CC(=O)NC1CCC[N+](O)=C(O)C=C(C)CCOC(=O)C(NC(C)=O)CCC[N+](O)=C(O)C=C(C)CCOC(=O)C(NC(C)=O)CCC/[N+](O)=C(/O)C=C(C)CCOC1=O.[Fe]. The van der Waals surface area contributed by atoms with Gasteiger partial charge in [-0.2, -0.15) is 0 Å². The summed E-state index contributed by atoms with van der Waals surface area (Å²) in [5.74, 6) is -5.37. The summed E-state index contributed by atoms with van der Waals surface area (Å²) in [7, 11) is 0. The van der Waals surface area contributed by atoms with E-state index in [4.69, 9.17) is 14.2 Å². The maximum absolute atomic E-state index is 12.8. The van der Waals surface area contributed by atoms with Crippen molar-refractivity contribution in [3.05, 3.63) is 34.9 Å². The summed E-state index contributed by atoms with van der Waals surface area (Å²) >= 11 is 0. The zero-order chi connectivity index (χ0) is 45.4. The van der Waals surface area contributed by atoms with Crippen LogP contribution in [0.2, 0.25) is 0 Å². The molecule has 0 aromatic rings. The third-order valence-electron chi connectivity index (χ3n) is 8.72. The van der Waals surface area contributed by atoms with Gasteiger partial charge < -0.3 is 45.5 Å². The topological polar surface area (TPSA) is 297 Å². The van der Waals surface area contributed by atoms with Crippen LogP contribution in [-0.2, 0) is 60.0 Å². The minimum Gasteiger partial charge on any atom is -0.464 e. The molecule has 3 amide bonds. The molecule has 1 aliphatic rings. The molecule has 0 fully saturated rings. The Morgan fingerprint density at radius 2 is 0.754 bits per heavy atom. The van der Waals surface area contributed by atoms with Gasteiger partial charge in [-0.3, -0.25) is 30.0 Å². The number of cyclic esters (lactones) is 3. The van der Waals surface area contributed by atoms with Gasteiger partial charge >= 0.3 is 35.6 Å². The van der Waals surface area contributed by atoms with Crippen LogP contribution in [0.3, 0.4) is 0 Å². The van der Waals surface area contributed by atoms with E-state index in [1.54, 1.807) is 20.8 Å². The summed E-state index contributed by atoms with van der Waals surface area (Å²) in [6, 6.07) is -3.23. The standard InChI is InChI=1S/C39H60N6O15.Fe/c1-25-13-19-58-37(52)31(40-28(4)46)11-8-17-44(56)35(50)23-27(3)15-21-60-39(54)33(42-30(6)48)12-9-18-45(57)36(51)24-26(2)14-20-59-38(53)32(41-29(5)47)10-7-16-43(55)34(49)22-25;/h22-24,31-33,55-57H,7-21H2,1-6H3,(H3,40,41,42,46,47,48);/p+3. The van der Waals surface area contributed by atoms with Crippen molar-refractivity contribution < 1.29 is 105 Å². The predicted molar refractivity (Wildman–Crippen MR) is 212 cm³/mol. The summed E-state index contributed by atoms with van der Waals surface area (Å²) < 4.78 is 17.6. The largest absolute Gasteiger partial charge is 0.464 e. The van der Waals surface area contributed by atoms with Crippen LogP contribution in [0.4, 0.5) is 0 Å². The van der Waals surface area contributed by atoms with Crippen LogP contribution in [0.25, 0.3) is 0 Å². The molecule has 0 aliphatic carbocycles. The minimum absolute atomic E-state index is 0. The van der Waals surface area contributed by atoms with E-state index in [0.717, 1.165) is 0 Å². The number of ether oxygens (including phenoxy) is 3. The molecule has 0 saturated heterocycles. The van der Waals surface area contributed by atoms with Crippen LogP contribution < -0.4 is 16.0 Å². The summed E-state index contributed by atoms with van der Waals surface area (Å²) in [5.41, 5.74) is 1.54. The number of esters is 3. The van der Waals surface area contributed by atoms with Gasteiger partial charge in [0.1, 0.15) is 18.1 Å². The average Bonchev–Trinajstić information content (AvgIpc) is 3.15. The van der Waals surface area contributed by atoms with Gasteiger partial charge in [-0.1, -0.05) is 16.7 Å². The molecule has 21 nitrogen and oxygen atoms in total. The average molecular weight is 912 g/mol. The van der Waals surface area contributed by atoms with Crippen LogP contribution in [0.5, 0.6) is 0 Å². The van der Waals surface area contributed by atoms with Crippen molar-refractivity contribution in [2.75, 3.05) is 39.5 Å². The van der Waals surface area contributed by atoms with Gasteiger partial charge in [-0.05, 0) is 40.0 Å². The van der Waals surface area contributed by atoms with E-state index < -0.39 is 71.4 Å². The van der Waals surface area contributed by atoms with Gasteiger partial charge in [-0.25, -0.2) is 14.4 Å². The van der Waals surface area contributed by atoms with Crippen LogP contribution in [0.1, 0.15) is 99.3 Å². The van der Waals surface area contributed by atoms with Crippen molar-refractivity contribution in [1.82, 2.24) is 16.0 Å². The Kier molecular flexibility index (Phi) is 26.8. The van der Waals surface area contributed by atoms with E-state index in [-0.39, 0.29) is 114 Å². The number of nitrogens with one attached hydrogen (secondary N) is 3. The van der Waals surface area contributed by atoms with E-state index >= 15 is 0 Å². The van der Waals surface area contributed by atoms with Gasteiger partial charge in [0, 0.05) is 90.6 Å². The van der Waals surface area contributed by atoms with Crippen LogP contribution in [0.15, 0.2) is 34.9 Å². The number of hydroxylamine groups is 3. The first-order valence-corrected chi connectivity index (χ1v) is 19.6. The third-order valence-corrected chi connectivity index (χ3v) is 8.72. The van der Waals surface area contributed by atoms with E-state index in [0.29, 0.717) is 30.9 Å². The van der Waals surface area contributed by atoms with Crippen LogP contribution >= 0.6 is 0 Å². The number of carbonyl (C=O) groups excluding carboxylic acids is 6. The van der Waals surface area contributed by atoms with Crippen molar-refractivity contribution in [2.24, 2.45) is 0 Å². The monoisotopic (exact) mass is 911 g/mol. The number of nitrogens with zero attached hydrogens (tertiary/aromatic N) is 3. The number of carbonyl (C=O) groups is 6. The zero-order valence-electron chi connectivity index (χ0n) is 35.6. The Labute approximate surface area is 365 Å². The molecule has 0 bridgehead atoms. The maximum Gasteiger partial charge on any atom is 0.408 e. The molecule has 0 radical (unpaired) electrons. The number of amides is 3. The third kappa shape index (κ3) is 24.3. The fraction of sp³-hybridized carbons (Fsp3) is 0.615. The predicted octanol–water partition coefficient (Wildman–Crippen LogP) is 1.57. The number of hydrogen-bond acceptors (Lipinski definition) is 12. The minimum atomic E-state index is -1.08. The first kappa shape index (κ1) is 55.4. The molecule has 3 atom stereocenters. The van der Waals surface area contributed by atoms with Gasteiger partial charge in [0.2, 0.25) is 17.7 Å². The first-order valence-electron chi connectivity index (χ1n) is 19.6. The Hall–Kier alpha value is -5.63. The Morgan fingerprint density at radius 1 is 0.525 bits per heavy atom. The molecule has 1 rings (SSSR count). The zero-order valence-corrected chi connectivity index (χ0v) is 36.7. The van der Waals surface area contributed by atoms with E-state index in [1.165, 1.54) is 39.0 Å². The Bertz CT molecular complexity index is 1530. The van der Waals surface area contributed by atoms with E-state index in [1.807, 2.05) is 0 Å². The molecule has 9 N–H and O–H groups in total. The molecule has 1 heterocycles. The molecule has 0 saturated carbocycles. The van der Waals surface area contributed by atoms with E-state index in [9.17, 15) is 59.7 Å². The van der Waals surface area contributed by atoms with Gasteiger partial charge in [0.05, 0.1) is 38.0 Å². The normalized spacial score (nSPS) is 23.0. The van der Waals surface area contributed by atoms with Crippen molar-refractivity contribution in [3.8, 4) is 0 Å². The van der Waals surface area contributed by atoms with E-state index in [2.05, 4.69) is 16.0 Å². The second kappa shape index (κ2) is 29.6. The maximum atomic E-state index is 12.8. The molecule has 22 heteroatoms. The summed E-state index contributed by atoms with van der Waals surface area (Å²) in [5, 5.41) is 69.8.